The van der Waals surface area contributed by atoms with Crippen LogP contribution in [0.1, 0.15) is 0 Å². The van der Waals surface area contributed by atoms with Gasteiger partial charge in [-0.15, -0.1) is 0 Å². The van der Waals surface area contributed by atoms with Crippen LogP contribution in [0, 0.1) is 0 Å². The second-order valence-corrected chi connectivity index (χ2v) is 32.3. The molecular weight excluding hydrogens is 1480 g/mol. The van der Waals surface area contributed by atoms with Crippen LogP contribution < -0.4 is 0 Å². The average molecular weight is 1550 g/mol. The molecule has 0 fully saturated rings. The van der Waals surface area contributed by atoms with Crippen LogP contribution in [-0.2, 0) is 0 Å². The molecule has 6 heterocycles. The van der Waals surface area contributed by atoms with Gasteiger partial charge in [-0.05, 0) is 236 Å². The predicted molar refractivity (Wildman–Crippen MR) is 516 cm³/mol. The summed E-state index contributed by atoms with van der Waals surface area (Å²) in [5.74, 6) is 0. The zero-order chi connectivity index (χ0) is 80.0. The zero-order valence-electron chi connectivity index (χ0n) is 66.4. The van der Waals surface area contributed by atoms with Crippen LogP contribution in [0.5, 0.6) is 0 Å². The van der Waals surface area contributed by atoms with Crippen molar-refractivity contribution in [2.24, 2.45) is 0 Å². The van der Waals surface area contributed by atoms with Crippen molar-refractivity contribution in [3.63, 3.8) is 0 Å². The van der Waals surface area contributed by atoms with Crippen LogP contribution in [0.15, 0.2) is 449 Å². The largest absolute Gasteiger partial charge is 0.309 e. The quantitative estimate of drug-likeness (QED) is 0.131. The van der Waals surface area contributed by atoms with Gasteiger partial charge in [0.25, 0.3) is 0 Å². The number of para-hydroxylation sites is 6. The van der Waals surface area contributed by atoms with Gasteiger partial charge in [-0.3, -0.25) is 0 Å². The molecule has 0 saturated heterocycles. The highest BCUT2D eigenvalue weighted by atomic mass is 15.0. The summed E-state index contributed by atoms with van der Waals surface area (Å²) in [4.78, 5) is 0. The Morgan fingerprint density at radius 1 is 0.107 bits per heavy atom. The van der Waals surface area contributed by atoms with Gasteiger partial charge >= 0.3 is 0 Å². The molecule has 0 bridgehead atoms. The fraction of sp³-hybridized carbons (Fsp3) is 0. The molecule has 0 amide bonds. The minimum absolute atomic E-state index is 1.15. The molecule has 26 rings (SSSR count). The summed E-state index contributed by atoms with van der Waals surface area (Å²) in [5, 5.41) is 19.9. The Balaban J connectivity index is 0.000000134. The lowest BCUT2D eigenvalue weighted by molar-refractivity contribution is 1.17. The first-order valence-electron chi connectivity index (χ1n) is 42.0. The average Bonchev–Trinajstić information content (AvgIpc) is 1.55. The maximum absolute atomic E-state index is 2.47. The lowest BCUT2D eigenvalue weighted by atomic mass is 9.99. The van der Waals surface area contributed by atoms with Crippen molar-refractivity contribution in [3.8, 4) is 78.6 Å². The molecule has 26 aromatic rings. The maximum atomic E-state index is 2.47. The van der Waals surface area contributed by atoms with Gasteiger partial charge in [0, 0.05) is 98.8 Å². The van der Waals surface area contributed by atoms with E-state index in [1.807, 2.05) is 0 Å². The second-order valence-electron chi connectivity index (χ2n) is 32.3. The monoisotopic (exact) mass is 1550 g/mol. The minimum atomic E-state index is 1.15. The first kappa shape index (κ1) is 68.9. The number of hydrogen-bond acceptors (Lipinski definition) is 0. The van der Waals surface area contributed by atoms with Crippen molar-refractivity contribution < 1.29 is 0 Å². The van der Waals surface area contributed by atoms with Crippen molar-refractivity contribution in [3.05, 3.63) is 449 Å². The van der Waals surface area contributed by atoms with E-state index in [2.05, 4.69) is 476 Å². The Bertz CT molecular complexity index is 8590. The summed E-state index contributed by atoms with van der Waals surface area (Å²) < 4.78 is 14.6. The SMILES string of the molecule is c1ccc(-c2ccc(-n3c4ccccc4c4cc(-c5ccc6c(c5)c5c7c8ccccc8n(-c8ccccc8)c7ccc5n6-c5ccc6ccccc6c5)ccc43)cc2)cc1.c1ccc(-c2ccc(-n3c4ccccc4c4cc(-c5ccc6c(c5)c5cc7c(cc5n6-c5ccc6ccccc6c5)c5ccccc5n7-c5ccccc5)ccc43)cc2)cc1. The number of benzene rings is 20. The van der Waals surface area contributed by atoms with E-state index in [1.165, 1.54) is 197 Å². The van der Waals surface area contributed by atoms with E-state index in [4.69, 9.17) is 0 Å². The van der Waals surface area contributed by atoms with Gasteiger partial charge in [-0.1, -0.05) is 279 Å². The molecule has 0 aliphatic carbocycles. The molecule has 0 saturated carbocycles. The molecule has 6 nitrogen and oxygen atoms in total. The van der Waals surface area contributed by atoms with Gasteiger partial charge < -0.3 is 27.4 Å². The first-order valence-corrected chi connectivity index (χ1v) is 42.0. The van der Waals surface area contributed by atoms with Crippen molar-refractivity contribution in [1.29, 1.82) is 0 Å². The lowest BCUT2D eigenvalue weighted by Crippen LogP contribution is -1.95. The van der Waals surface area contributed by atoms with Gasteiger partial charge in [0.15, 0.2) is 0 Å². The van der Waals surface area contributed by atoms with Gasteiger partial charge in [0.1, 0.15) is 0 Å². The fourth-order valence-electron chi connectivity index (χ4n) is 20.0. The van der Waals surface area contributed by atoms with Crippen molar-refractivity contribution in [2.45, 2.75) is 0 Å². The summed E-state index contributed by atoms with van der Waals surface area (Å²) in [6, 6.07) is 165. The smallest absolute Gasteiger partial charge is 0.0548 e. The molecule has 568 valence electrons. The van der Waals surface area contributed by atoms with Crippen LogP contribution in [0.3, 0.4) is 0 Å². The second kappa shape index (κ2) is 27.7. The summed E-state index contributed by atoms with van der Waals surface area (Å²) >= 11 is 0. The number of aromatic nitrogens is 6. The number of fused-ring (bicyclic) bond motifs is 21. The Morgan fingerprint density at radius 2 is 0.344 bits per heavy atom. The zero-order valence-corrected chi connectivity index (χ0v) is 66.4. The lowest BCUT2D eigenvalue weighted by Gasteiger charge is -2.11. The van der Waals surface area contributed by atoms with Crippen LogP contribution in [0.25, 0.3) is 231 Å². The number of rotatable bonds is 10. The van der Waals surface area contributed by atoms with E-state index in [0.717, 1.165) is 34.1 Å². The van der Waals surface area contributed by atoms with Crippen molar-refractivity contribution in [1.82, 2.24) is 27.4 Å². The third kappa shape index (κ3) is 10.9. The van der Waals surface area contributed by atoms with E-state index in [0.29, 0.717) is 0 Å². The van der Waals surface area contributed by atoms with Crippen LogP contribution in [0.2, 0.25) is 0 Å². The van der Waals surface area contributed by atoms with Gasteiger partial charge in [-0.25, -0.2) is 0 Å². The van der Waals surface area contributed by atoms with Gasteiger partial charge in [0.05, 0.1) is 66.2 Å². The molecule has 0 spiro atoms. The van der Waals surface area contributed by atoms with E-state index >= 15 is 0 Å². The highest BCUT2D eigenvalue weighted by Gasteiger charge is 2.25. The normalized spacial score (nSPS) is 11.9. The molecule has 6 aromatic heterocycles. The summed E-state index contributed by atoms with van der Waals surface area (Å²) in [5.41, 5.74) is 31.0. The molecule has 20 aromatic carbocycles. The summed E-state index contributed by atoms with van der Waals surface area (Å²) in [6.07, 6.45) is 0. The molecule has 6 heteroatoms. The molecule has 0 aliphatic rings. The summed E-state index contributed by atoms with van der Waals surface area (Å²) in [7, 11) is 0. The third-order valence-electron chi connectivity index (χ3n) is 25.6. The molecule has 0 unspecified atom stereocenters. The first-order chi connectivity index (χ1) is 60.5. The van der Waals surface area contributed by atoms with Crippen molar-refractivity contribution >= 4 is 152 Å². The van der Waals surface area contributed by atoms with E-state index < -0.39 is 0 Å². The Morgan fingerprint density at radius 3 is 0.770 bits per heavy atom. The van der Waals surface area contributed by atoms with Gasteiger partial charge in [-0.2, -0.15) is 0 Å². The predicted octanol–water partition coefficient (Wildman–Crippen LogP) is 30.9. The highest BCUT2D eigenvalue weighted by molar-refractivity contribution is 6.30. The molecule has 122 heavy (non-hydrogen) atoms. The maximum Gasteiger partial charge on any atom is 0.0548 e. The van der Waals surface area contributed by atoms with Crippen LogP contribution in [0.4, 0.5) is 0 Å². The molecule has 0 aliphatic heterocycles. The third-order valence-corrected chi connectivity index (χ3v) is 25.6. The molecule has 0 radical (unpaired) electrons. The minimum Gasteiger partial charge on any atom is -0.309 e. The Hall–Kier alpha value is -16.3. The van der Waals surface area contributed by atoms with Gasteiger partial charge in [0.2, 0.25) is 0 Å². The Labute approximate surface area is 702 Å². The van der Waals surface area contributed by atoms with Crippen molar-refractivity contribution in [2.75, 3.05) is 0 Å². The van der Waals surface area contributed by atoms with Crippen LogP contribution >= 0.6 is 0 Å². The van der Waals surface area contributed by atoms with E-state index in [1.54, 1.807) is 0 Å². The highest BCUT2D eigenvalue weighted by Crippen LogP contribution is 2.47. The van der Waals surface area contributed by atoms with E-state index in [9.17, 15) is 0 Å². The summed E-state index contributed by atoms with van der Waals surface area (Å²) in [6.45, 7) is 0. The number of nitrogens with zero attached hydrogens (tertiary/aromatic N) is 6. The van der Waals surface area contributed by atoms with Crippen LogP contribution in [-0.4, -0.2) is 27.4 Å². The number of hydrogen-bond donors (Lipinski definition) is 0. The Kier molecular flexibility index (Phi) is 15.6. The van der Waals surface area contributed by atoms with E-state index in [-0.39, 0.29) is 0 Å². The molecule has 0 N–H and O–H groups in total. The topological polar surface area (TPSA) is 29.6 Å². The molecular formula is C116H74N6. The fourth-order valence-corrected chi connectivity index (χ4v) is 20.0. The standard InChI is InChI=1S/2C58H37N3/c1-3-13-38(14-4-1)40-23-28-45(29-24-40)59-53-21-11-9-19-47(53)49-34-42(26-31-55(49)59)43-27-32-56-50(35-43)52-37-57-51(48-20-10-12-22-54(48)60(57)44-17-5-2-6-18-44)36-58(52)61(56)46-30-25-39-15-7-8-16-41(39)33-46;1-3-13-38(14-4-1)40-23-28-45(29-24-40)59-51-21-11-9-19-47(51)49-36-42(26-31-53(49)59)43-27-32-54-50(37-43)58-56(61(54)46-30-25-39-15-7-8-16-41(39)35-46)34-33-55-57(58)48-20-10-12-22-52(48)60(55)44-17-5-2-6-18-44/h2*1-37H. The molecule has 0 atom stereocenters.